The lowest BCUT2D eigenvalue weighted by Crippen LogP contribution is -2.38. The number of hydrogen-bond donors (Lipinski definition) is 2. The first-order valence-electron chi connectivity index (χ1n) is 6.23. The standard InChI is InChI=1S/C13H14FN3O4/c1-21-12(19)9-6-8(2-3-10(9)14)16-7-11(18)17-5-4-15-13(17)20/h2-3,6,16H,4-5,7H2,1H3,(H,15,20). The van der Waals surface area contributed by atoms with E-state index in [2.05, 4.69) is 15.4 Å². The molecule has 0 aliphatic carbocycles. The molecule has 0 unspecified atom stereocenters. The molecule has 2 rings (SSSR count). The number of ether oxygens (including phenoxy) is 1. The molecule has 1 saturated heterocycles. The minimum absolute atomic E-state index is 0.139. The van der Waals surface area contributed by atoms with Crippen molar-refractivity contribution in [2.75, 3.05) is 32.1 Å². The highest BCUT2D eigenvalue weighted by molar-refractivity contribution is 5.97. The van der Waals surface area contributed by atoms with Crippen LogP contribution in [0.4, 0.5) is 14.9 Å². The minimum Gasteiger partial charge on any atom is -0.465 e. The van der Waals surface area contributed by atoms with Crippen molar-refractivity contribution in [2.45, 2.75) is 0 Å². The minimum atomic E-state index is -0.804. The lowest BCUT2D eigenvalue weighted by Gasteiger charge is -2.13. The molecule has 0 saturated carbocycles. The van der Waals surface area contributed by atoms with Crippen molar-refractivity contribution in [2.24, 2.45) is 0 Å². The summed E-state index contributed by atoms with van der Waals surface area (Å²) in [6.45, 7) is 0.601. The maximum atomic E-state index is 13.4. The van der Waals surface area contributed by atoms with E-state index in [4.69, 9.17) is 0 Å². The smallest absolute Gasteiger partial charge is 0.340 e. The third-order valence-electron chi connectivity index (χ3n) is 2.97. The van der Waals surface area contributed by atoms with Crippen LogP contribution in [0.15, 0.2) is 18.2 Å². The maximum absolute atomic E-state index is 13.4. The van der Waals surface area contributed by atoms with Crippen LogP contribution in [-0.2, 0) is 9.53 Å². The number of halogens is 1. The predicted molar refractivity (Wildman–Crippen MR) is 71.3 cm³/mol. The summed E-state index contributed by atoms with van der Waals surface area (Å²) in [5, 5.41) is 5.26. The molecular formula is C13H14FN3O4. The quantitative estimate of drug-likeness (QED) is 0.793. The number of nitrogens with zero attached hydrogens (tertiary/aromatic N) is 1. The van der Waals surface area contributed by atoms with Gasteiger partial charge in [-0.25, -0.2) is 14.0 Å². The summed E-state index contributed by atoms with van der Waals surface area (Å²) >= 11 is 0. The monoisotopic (exact) mass is 295 g/mol. The van der Waals surface area contributed by atoms with Gasteiger partial charge in [0.15, 0.2) is 0 Å². The van der Waals surface area contributed by atoms with E-state index in [0.717, 1.165) is 18.1 Å². The van der Waals surface area contributed by atoms with E-state index in [9.17, 15) is 18.8 Å². The van der Waals surface area contributed by atoms with Crippen molar-refractivity contribution < 1.29 is 23.5 Å². The normalized spacial score (nSPS) is 13.8. The fraction of sp³-hybridized carbons (Fsp3) is 0.308. The topological polar surface area (TPSA) is 87.7 Å². The third-order valence-corrected chi connectivity index (χ3v) is 2.97. The molecule has 0 bridgehead atoms. The van der Waals surface area contributed by atoms with Crippen LogP contribution in [0.1, 0.15) is 10.4 Å². The first-order valence-corrected chi connectivity index (χ1v) is 6.23. The Morgan fingerprint density at radius 1 is 1.48 bits per heavy atom. The molecule has 112 valence electrons. The zero-order valence-corrected chi connectivity index (χ0v) is 11.3. The molecule has 1 heterocycles. The molecule has 0 atom stereocenters. The molecule has 2 N–H and O–H groups in total. The fourth-order valence-corrected chi connectivity index (χ4v) is 1.88. The number of carbonyl (C=O) groups is 3. The molecule has 3 amide bonds. The average molecular weight is 295 g/mol. The first-order chi connectivity index (χ1) is 10.0. The lowest BCUT2D eigenvalue weighted by molar-refractivity contribution is -0.125. The van der Waals surface area contributed by atoms with Crippen molar-refractivity contribution in [1.29, 1.82) is 0 Å². The Balaban J connectivity index is 2.01. The highest BCUT2D eigenvalue weighted by Crippen LogP contribution is 2.15. The van der Waals surface area contributed by atoms with Gasteiger partial charge in [-0.3, -0.25) is 9.69 Å². The van der Waals surface area contributed by atoms with Gasteiger partial charge in [0.25, 0.3) is 0 Å². The zero-order valence-electron chi connectivity index (χ0n) is 11.3. The summed E-state index contributed by atoms with van der Waals surface area (Å²) in [7, 11) is 1.15. The number of esters is 1. The van der Waals surface area contributed by atoms with E-state index in [0.29, 0.717) is 18.8 Å². The van der Waals surface area contributed by atoms with Crippen LogP contribution in [0.25, 0.3) is 0 Å². The lowest BCUT2D eigenvalue weighted by atomic mass is 10.2. The summed E-state index contributed by atoms with van der Waals surface area (Å²) < 4.78 is 17.9. The highest BCUT2D eigenvalue weighted by atomic mass is 19.1. The Morgan fingerprint density at radius 3 is 2.86 bits per heavy atom. The van der Waals surface area contributed by atoms with Crippen molar-refractivity contribution in [1.82, 2.24) is 10.2 Å². The molecule has 0 aromatic heterocycles. The average Bonchev–Trinajstić information content (AvgIpc) is 2.91. The van der Waals surface area contributed by atoms with Crippen molar-refractivity contribution in [3.63, 3.8) is 0 Å². The summed E-state index contributed by atoms with van der Waals surface area (Å²) in [6.07, 6.45) is 0. The molecule has 1 aliphatic heterocycles. The number of urea groups is 1. The number of hydrogen-bond acceptors (Lipinski definition) is 5. The Hall–Kier alpha value is -2.64. The van der Waals surface area contributed by atoms with E-state index in [1.165, 1.54) is 12.1 Å². The number of benzene rings is 1. The SMILES string of the molecule is COC(=O)c1cc(NCC(=O)N2CCNC2=O)ccc1F. The summed E-state index contributed by atoms with van der Waals surface area (Å²) in [4.78, 5) is 35.6. The van der Waals surface area contributed by atoms with Gasteiger partial charge >= 0.3 is 12.0 Å². The molecule has 0 spiro atoms. The van der Waals surface area contributed by atoms with Gasteiger partial charge in [0.2, 0.25) is 5.91 Å². The molecule has 1 fully saturated rings. The molecule has 1 aromatic carbocycles. The van der Waals surface area contributed by atoms with E-state index < -0.39 is 23.7 Å². The van der Waals surface area contributed by atoms with E-state index in [-0.39, 0.29) is 12.1 Å². The molecule has 1 aromatic rings. The van der Waals surface area contributed by atoms with Gasteiger partial charge in [-0.05, 0) is 18.2 Å². The molecule has 21 heavy (non-hydrogen) atoms. The van der Waals surface area contributed by atoms with E-state index >= 15 is 0 Å². The Labute approximate surface area is 120 Å². The fourth-order valence-electron chi connectivity index (χ4n) is 1.88. The molecule has 1 aliphatic rings. The van der Waals surface area contributed by atoms with E-state index in [1.54, 1.807) is 0 Å². The number of carbonyl (C=O) groups excluding carboxylic acids is 3. The van der Waals surface area contributed by atoms with Crippen LogP contribution in [0.3, 0.4) is 0 Å². The van der Waals surface area contributed by atoms with Gasteiger partial charge in [-0.15, -0.1) is 0 Å². The molecule has 8 heteroatoms. The van der Waals surface area contributed by atoms with Gasteiger partial charge in [0.05, 0.1) is 19.2 Å². The van der Waals surface area contributed by atoms with Crippen molar-refractivity contribution in [3.05, 3.63) is 29.6 Å². The Kier molecular flexibility index (Phi) is 4.36. The van der Waals surface area contributed by atoms with Crippen molar-refractivity contribution in [3.8, 4) is 0 Å². The first kappa shape index (κ1) is 14.8. The second-order valence-electron chi connectivity index (χ2n) is 4.32. The second kappa shape index (κ2) is 6.21. The number of imide groups is 1. The number of rotatable bonds is 4. The predicted octanol–water partition coefficient (Wildman–Crippen LogP) is 0.576. The highest BCUT2D eigenvalue weighted by Gasteiger charge is 2.25. The second-order valence-corrected chi connectivity index (χ2v) is 4.32. The summed E-state index contributed by atoms with van der Waals surface area (Å²) in [5.74, 6) is -1.92. The largest absolute Gasteiger partial charge is 0.465 e. The Bertz CT molecular complexity index is 591. The van der Waals surface area contributed by atoms with Crippen LogP contribution in [0.2, 0.25) is 0 Å². The Morgan fingerprint density at radius 2 is 2.24 bits per heavy atom. The van der Waals surface area contributed by atoms with Gasteiger partial charge in [-0.1, -0.05) is 0 Å². The van der Waals surface area contributed by atoms with Crippen LogP contribution in [-0.4, -0.2) is 49.6 Å². The summed E-state index contributed by atoms with van der Waals surface area (Å²) in [6, 6.07) is 3.30. The van der Waals surface area contributed by atoms with Gasteiger partial charge in [-0.2, -0.15) is 0 Å². The van der Waals surface area contributed by atoms with Crippen molar-refractivity contribution >= 4 is 23.6 Å². The number of nitrogens with one attached hydrogen (secondary N) is 2. The number of amides is 3. The number of methoxy groups -OCH3 is 1. The van der Waals surface area contributed by atoms with Crippen LogP contribution < -0.4 is 10.6 Å². The maximum Gasteiger partial charge on any atom is 0.340 e. The molecule has 0 radical (unpaired) electrons. The van der Waals surface area contributed by atoms with Crippen LogP contribution in [0, 0.1) is 5.82 Å². The van der Waals surface area contributed by atoms with Crippen LogP contribution >= 0.6 is 0 Å². The van der Waals surface area contributed by atoms with Gasteiger partial charge in [0.1, 0.15) is 5.82 Å². The molecule has 7 nitrogen and oxygen atoms in total. The number of anilines is 1. The van der Waals surface area contributed by atoms with Crippen LogP contribution in [0.5, 0.6) is 0 Å². The molecular weight excluding hydrogens is 281 g/mol. The summed E-state index contributed by atoms with van der Waals surface area (Å²) in [5.41, 5.74) is 0.151. The van der Waals surface area contributed by atoms with Gasteiger partial charge < -0.3 is 15.4 Å². The van der Waals surface area contributed by atoms with Gasteiger partial charge in [0, 0.05) is 18.8 Å². The van der Waals surface area contributed by atoms with E-state index in [1.807, 2.05) is 0 Å². The zero-order chi connectivity index (χ0) is 15.4. The third kappa shape index (κ3) is 3.28.